The van der Waals surface area contributed by atoms with Gasteiger partial charge in [-0.05, 0) is 30.4 Å². The highest BCUT2D eigenvalue weighted by Crippen LogP contribution is 2.38. The molecule has 7 nitrogen and oxygen atoms in total. The largest absolute Gasteiger partial charge is 0.496 e. The van der Waals surface area contributed by atoms with Crippen molar-refractivity contribution < 1.29 is 19.0 Å². The summed E-state index contributed by atoms with van der Waals surface area (Å²) in [5.41, 5.74) is 8.02. The minimum Gasteiger partial charge on any atom is -0.496 e. The van der Waals surface area contributed by atoms with Crippen molar-refractivity contribution in [1.82, 2.24) is 9.80 Å². The number of methoxy groups -OCH3 is 3. The molecule has 2 saturated heterocycles. The number of benzene rings is 2. The highest BCUT2D eigenvalue weighted by atomic mass is 16.5. The molecule has 2 aliphatic rings. The zero-order chi connectivity index (χ0) is 22.7. The normalized spacial score (nSPS) is 21.3. The third-order valence-corrected chi connectivity index (χ3v) is 6.76. The molecule has 0 bridgehead atoms. The number of hydrogen-bond acceptors (Lipinski definition) is 6. The number of hydrogen-bond donors (Lipinski definition) is 1. The van der Waals surface area contributed by atoms with Crippen molar-refractivity contribution in [3.63, 3.8) is 0 Å². The van der Waals surface area contributed by atoms with Crippen molar-refractivity contribution >= 4 is 5.91 Å². The second-order valence-corrected chi connectivity index (χ2v) is 8.70. The van der Waals surface area contributed by atoms with Crippen LogP contribution in [0.15, 0.2) is 42.5 Å². The van der Waals surface area contributed by atoms with E-state index in [1.807, 2.05) is 23.1 Å². The minimum atomic E-state index is -0.0478. The number of carbonyl (C=O) groups is 1. The number of nitrogens with zero attached hydrogens (tertiary/aromatic N) is 2. The first-order chi connectivity index (χ1) is 15.5. The Morgan fingerprint density at radius 3 is 2.09 bits per heavy atom. The number of fused-ring (bicyclic) bond motifs is 1. The molecule has 2 aromatic rings. The van der Waals surface area contributed by atoms with Gasteiger partial charge in [-0.3, -0.25) is 4.79 Å². The van der Waals surface area contributed by atoms with E-state index in [1.165, 1.54) is 5.56 Å². The quantitative estimate of drug-likeness (QED) is 0.682. The van der Waals surface area contributed by atoms with Crippen LogP contribution in [0.1, 0.15) is 28.4 Å². The van der Waals surface area contributed by atoms with Crippen LogP contribution in [0.2, 0.25) is 0 Å². The summed E-state index contributed by atoms with van der Waals surface area (Å²) < 4.78 is 16.3. The summed E-state index contributed by atoms with van der Waals surface area (Å²) in [6, 6.07) is 13.8. The second kappa shape index (κ2) is 9.79. The van der Waals surface area contributed by atoms with Gasteiger partial charge in [0.2, 0.25) is 0 Å². The van der Waals surface area contributed by atoms with Crippen molar-refractivity contribution in [3.05, 3.63) is 53.6 Å². The van der Waals surface area contributed by atoms with Gasteiger partial charge in [0.1, 0.15) is 22.8 Å². The van der Waals surface area contributed by atoms with E-state index in [2.05, 4.69) is 17.0 Å². The monoisotopic (exact) mass is 439 g/mol. The van der Waals surface area contributed by atoms with Crippen LogP contribution in [0.25, 0.3) is 0 Å². The highest BCUT2D eigenvalue weighted by molar-refractivity contribution is 6.00. The standard InChI is InChI=1S/C25H33N3O4/c1-30-20-11-22(31-2)24(23(12-20)32-3)25(29)28-15-18-13-27(14-19(18)16-28)10-9-21(26)17-7-5-4-6-8-17/h4-8,11-12,18-19,21H,9-10,13-16,26H2,1-3H3/t18?,19?,21-/m0/s1. The van der Waals surface area contributed by atoms with Gasteiger partial charge in [-0.2, -0.15) is 0 Å². The van der Waals surface area contributed by atoms with Crippen LogP contribution in [0, 0.1) is 11.8 Å². The van der Waals surface area contributed by atoms with Crippen molar-refractivity contribution in [2.75, 3.05) is 54.1 Å². The number of amides is 1. The lowest BCUT2D eigenvalue weighted by molar-refractivity contribution is 0.0767. The molecule has 0 aliphatic carbocycles. The van der Waals surface area contributed by atoms with E-state index in [-0.39, 0.29) is 11.9 Å². The molecule has 4 rings (SSSR count). The summed E-state index contributed by atoms with van der Waals surface area (Å²) in [6.45, 7) is 4.50. The van der Waals surface area contributed by atoms with Crippen molar-refractivity contribution in [2.24, 2.45) is 17.6 Å². The van der Waals surface area contributed by atoms with E-state index in [0.717, 1.165) is 39.1 Å². The third kappa shape index (κ3) is 4.54. The van der Waals surface area contributed by atoms with Gasteiger partial charge in [0.05, 0.1) is 21.3 Å². The molecule has 1 amide bonds. The van der Waals surface area contributed by atoms with Crippen molar-refractivity contribution in [3.8, 4) is 17.2 Å². The molecule has 2 aliphatic heterocycles. The van der Waals surface area contributed by atoms with E-state index in [0.29, 0.717) is 34.6 Å². The average Bonchev–Trinajstić information content (AvgIpc) is 3.40. The molecule has 2 unspecified atom stereocenters. The fraction of sp³-hybridized carbons (Fsp3) is 0.480. The molecular weight excluding hydrogens is 406 g/mol. The predicted molar refractivity (Wildman–Crippen MR) is 123 cm³/mol. The van der Waals surface area contributed by atoms with Gasteiger partial charge < -0.3 is 29.7 Å². The molecule has 3 atom stereocenters. The minimum absolute atomic E-state index is 0.0478. The lowest BCUT2D eigenvalue weighted by Crippen LogP contribution is -2.34. The fourth-order valence-electron chi connectivity index (χ4n) is 5.00. The molecule has 2 fully saturated rings. The van der Waals surface area contributed by atoms with Gasteiger partial charge in [-0.1, -0.05) is 30.3 Å². The molecule has 0 spiro atoms. The molecule has 0 radical (unpaired) electrons. The Labute approximate surface area is 190 Å². The van der Waals surface area contributed by atoms with Crippen molar-refractivity contribution in [2.45, 2.75) is 12.5 Å². The Morgan fingerprint density at radius 2 is 1.56 bits per heavy atom. The summed E-state index contributed by atoms with van der Waals surface area (Å²) >= 11 is 0. The first-order valence-electron chi connectivity index (χ1n) is 11.2. The Hall–Kier alpha value is -2.77. The summed E-state index contributed by atoms with van der Waals surface area (Å²) in [5.74, 6) is 2.47. The predicted octanol–water partition coefficient (Wildman–Crippen LogP) is 2.81. The average molecular weight is 440 g/mol. The maximum Gasteiger partial charge on any atom is 0.261 e. The van der Waals surface area contributed by atoms with E-state index < -0.39 is 0 Å². The van der Waals surface area contributed by atoms with Crippen LogP contribution in [-0.2, 0) is 0 Å². The zero-order valence-corrected chi connectivity index (χ0v) is 19.1. The lowest BCUT2D eigenvalue weighted by Gasteiger charge is -2.24. The van der Waals surface area contributed by atoms with Crippen molar-refractivity contribution in [1.29, 1.82) is 0 Å². The van der Waals surface area contributed by atoms with Gasteiger partial charge >= 0.3 is 0 Å². The molecule has 32 heavy (non-hydrogen) atoms. The summed E-state index contributed by atoms with van der Waals surface area (Å²) in [4.78, 5) is 17.8. The maximum atomic E-state index is 13.4. The summed E-state index contributed by atoms with van der Waals surface area (Å²) in [6.07, 6.45) is 0.937. The number of nitrogens with two attached hydrogens (primary N) is 1. The number of likely N-dealkylation sites (tertiary alicyclic amines) is 2. The molecule has 2 aromatic carbocycles. The Kier molecular flexibility index (Phi) is 6.86. The van der Waals surface area contributed by atoms with Gasteiger partial charge in [0, 0.05) is 44.4 Å². The van der Waals surface area contributed by atoms with E-state index in [9.17, 15) is 4.79 Å². The molecule has 0 aromatic heterocycles. The molecular formula is C25H33N3O4. The van der Waals surface area contributed by atoms with Gasteiger partial charge in [0.15, 0.2) is 0 Å². The van der Waals surface area contributed by atoms with Crippen LogP contribution in [0.4, 0.5) is 0 Å². The summed E-state index contributed by atoms with van der Waals surface area (Å²) in [7, 11) is 4.69. The first-order valence-corrected chi connectivity index (χ1v) is 11.2. The number of ether oxygens (including phenoxy) is 3. The smallest absolute Gasteiger partial charge is 0.261 e. The maximum absolute atomic E-state index is 13.4. The van der Waals surface area contributed by atoms with Crippen LogP contribution in [-0.4, -0.2) is 69.8 Å². The topological polar surface area (TPSA) is 77.3 Å². The molecule has 2 heterocycles. The van der Waals surface area contributed by atoms with Gasteiger partial charge in [-0.15, -0.1) is 0 Å². The zero-order valence-electron chi connectivity index (χ0n) is 19.1. The van der Waals surface area contributed by atoms with Crippen LogP contribution < -0.4 is 19.9 Å². The van der Waals surface area contributed by atoms with Crippen LogP contribution in [0.5, 0.6) is 17.2 Å². The Balaban J connectivity index is 1.36. The van der Waals surface area contributed by atoms with Crippen LogP contribution in [0.3, 0.4) is 0 Å². The number of carbonyl (C=O) groups excluding carboxylic acids is 1. The number of rotatable bonds is 8. The molecule has 0 saturated carbocycles. The first kappa shape index (κ1) is 22.4. The molecule has 2 N–H and O–H groups in total. The molecule has 7 heteroatoms. The lowest BCUT2D eigenvalue weighted by atomic mass is 10.0. The van der Waals surface area contributed by atoms with Gasteiger partial charge in [-0.25, -0.2) is 0 Å². The van der Waals surface area contributed by atoms with E-state index in [4.69, 9.17) is 19.9 Å². The SMILES string of the molecule is COc1cc(OC)c(C(=O)N2CC3CN(CC[C@H](N)c4ccccc4)CC3C2)c(OC)c1. The molecule has 172 valence electrons. The second-order valence-electron chi connectivity index (χ2n) is 8.70. The van der Waals surface area contributed by atoms with Crippen LogP contribution >= 0.6 is 0 Å². The summed E-state index contributed by atoms with van der Waals surface area (Å²) in [5, 5.41) is 0. The van der Waals surface area contributed by atoms with Gasteiger partial charge in [0.25, 0.3) is 5.91 Å². The Morgan fingerprint density at radius 1 is 0.969 bits per heavy atom. The van der Waals surface area contributed by atoms with E-state index >= 15 is 0 Å². The fourth-order valence-corrected chi connectivity index (χ4v) is 5.00. The Bertz CT molecular complexity index is 897. The van der Waals surface area contributed by atoms with E-state index in [1.54, 1.807) is 33.5 Å². The third-order valence-electron chi connectivity index (χ3n) is 6.76. The highest BCUT2D eigenvalue weighted by Gasteiger charge is 2.42.